The number of aromatic amines is 1. The van der Waals surface area contributed by atoms with Crippen LogP contribution in [-0.2, 0) is 12.8 Å². The molecule has 18 heavy (non-hydrogen) atoms. The number of hydrogen-bond donors (Lipinski definition) is 2. The molecule has 0 amide bonds. The average molecular weight is 240 g/mol. The standard InChI is InChI=1S/C15H16N2O/c18-15-3-1-2-12-8-11(5-7-14(12)15)4-6-13-9-16-10-17-13/h1-4,6,9-11,18H,5,7-8H2,(H,16,17). The second-order valence-corrected chi connectivity index (χ2v) is 4.78. The number of fused-ring (bicyclic) bond motifs is 1. The van der Waals surface area contributed by atoms with E-state index in [1.54, 1.807) is 12.4 Å². The third kappa shape index (κ3) is 2.16. The van der Waals surface area contributed by atoms with Gasteiger partial charge in [0.1, 0.15) is 5.75 Å². The van der Waals surface area contributed by atoms with Crippen LogP contribution in [0, 0.1) is 5.92 Å². The van der Waals surface area contributed by atoms with Crippen LogP contribution in [0.2, 0.25) is 0 Å². The summed E-state index contributed by atoms with van der Waals surface area (Å²) < 4.78 is 0. The molecule has 1 aliphatic carbocycles. The monoisotopic (exact) mass is 240 g/mol. The molecule has 2 aromatic rings. The summed E-state index contributed by atoms with van der Waals surface area (Å²) in [6.07, 6.45) is 10.9. The molecular formula is C15H16N2O. The lowest BCUT2D eigenvalue weighted by Crippen LogP contribution is -2.12. The molecular weight excluding hydrogens is 224 g/mol. The van der Waals surface area contributed by atoms with Crippen molar-refractivity contribution in [1.29, 1.82) is 0 Å². The van der Waals surface area contributed by atoms with Crippen molar-refractivity contribution in [3.63, 3.8) is 0 Å². The minimum absolute atomic E-state index is 0.448. The first-order valence-electron chi connectivity index (χ1n) is 6.29. The average Bonchev–Trinajstić information content (AvgIpc) is 2.90. The topological polar surface area (TPSA) is 48.9 Å². The van der Waals surface area contributed by atoms with E-state index in [-0.39, 0.29) is 0 Å². The number of aromatic hydroxyl groups is 1. The zero-order valence-corrected chi connectivity index (χ0v) is 10.1. The van der Waals surface area contributed by atoms with Crippen LogP contribution >= 0.6 is 0 Å². The van der Waals surface area contributed by atoms with Crippen molar-refractivity contribution in [2.24, 2.45) is 5.92 Å². The Balaban J connectivity index is 1.75. The van der Waals surface area contributed by atoms with Crippen LogP contribution in [0.5, 0.6) is 5.75 Å². The molecule has 0 bridgehead atoms. The smallest absolute Gasteiger partial charge is 0.119 e. The number of nitrogens with one attached hydrogen (secondary N) is 1. The van der Waals surface area contributed by atoms with E-state index in [0.29, 0.717) is 11.7 Å². The molecule has 0 aliphatic heterocycles. The van der Waals surface area contributed by atoms with Gasteiger partial charge >= 0.3 is 0 Å². The van der Waals surface area contributed by atoms with Crippen molar-refractivity contribution in [2.45, 2.75) is 19.3 Å². The van der Waals surface area contributed by atoms with Crippen molar-refractivity contribution in [3.8, 4) is 5.75 Å². The van der Waals surface area contributed by atoms with E-state index < -0.39 is 0 Å². The van der Waals surface area contributed by atoms with Crippen molar-refractivity contribution in [1.82, 2.24) is 9.97 Å². The zero-order valence-electron chi connectivity index (χ0n) is 10.1. The number of rotatable bonds is 2. The number of hydrogen-bond acceptors (Lipinski definition) is 2. The lowest BCUT2D eigenvalue weighted by Gasteiger charge is -2.22. The fourth-order valence-electron chi connectivity index (χ4n) is 2.58. The van der Waals surface area contributed by atoms with E-state index in [0.717, 1.165) is 30.5 Å². The highest BCUT2D eigenvalue weighted by molar-refractivity contribution is 5.45. The molecule has 0 saturated heterocycles. The predicted molar refractivity (Wildman–Crippen MR) is 71.2 cm³/mol. The van der Waals surface area contributed by atoms with Crippen LogP contribution < -0.4 is 0 Å². The Labute approximate surface area is 106 Å². The van der Waals surface area contributed by atoms with Crippen LogP contribution in [0.4, 0.5) is 0 Å². The number of phenols is 1. The molecule has 1 aliphatic rings. The second-order valence-electron chi connectivity index (χ2n) is 4.78. The highest BCUT2D eigenvalue weighted by Gasteiger charge is 2.18. The second kappa shape index (κ2) is 4.69. The molecule has 0 fully saturated rings. The first kappa shape index (κ1) is 11.1. The van der Waals surface area contributed by atoms with Gasteiger partial charge in [-0.2, -0.15) is 0 Å². The minimum atomic E-state index is 0.448. The van der Waals surface area contributed by atoms with Crippen LogP contribution in [0.15, 0.2) is 36.8 Å². The Hall–Kier alpha value is -2.03. The van der Waals surface area contributed by atoms with Gasteiger partial charge in [0.15, 0.2) is 0 Å². The van der Waals surface area contributed by atoms with Crippen LogP contribution in [0.1, 0.15) is 23.2 Å². The van der Waals surface area contributed by atoms with Crippen molar-refractivity contribution < 1.29 is 5.11 Å². The van der Waals surface area contributed by atoms with Crippen LogP contribution in [0.3, 0.4) is 0 Å². The van der Waals surface area contributed by atoms with Gasteiger partial charge in [-0.3, -0.25) is 0 Å². The van der Waals surface area contributed by atoms with E-state index in [9.17, 15) is 5.11 Å². The molecule has 2 N–H and O–H groups in total. The molecule has 1 aromatic carbocycles. The third-order valence-electron chi connectivity index (χ3n) is 3.56. The third-order valence-corrected chi connectivity index (χ3v) is 3.56. The summed E-state index contributed by atoms with van der Waals surface area (Å²) in [5.74, 6) is 0.992. The highest BCUT2D eigenvalue weighted by Crippen LogP contribution is 2.32. The predicted octanol–water partition coefficient (Wildman–Crippen LogP) is 2.93. The summed E-state index contributed by atoms with van der Waals surface area (Å²) in [5, 5.41) is 9.79. The van der Waals surface area contributed by atoms with Crippen LogP contribution in [0.25, 0.3) is 6.08 Å². The maximum absolute atomic E-state index is 9.79. The minimum Gasteiger partial charge on any atom is -0.508 e. The Kier molecular flexibility index (Phi) is 2.89. The number of nitrogens with zero attached hydrogens (tertiary/aromatic N) is 1. The summed E-state index contributed by atoms with van der Waals surface area (Å²) >= 11 is 0. The van der Waals surface area contributed by atoms with E-state index >= 15 is 0 Å². The van der Waals surface area contributed by atoms with Gasteiger partial charge in [0.2, 0.25) is 0 Å². The summed E-state index contributed by atoms with van der Waals surface area (Å²) in [6, 6.07) is 5.82. The first-order valence-corrected chi connectivity index (χ1v) is 6.29. The number of benzene rings is 1. The molecule has 1 aromatic heterocycles. The molecule has 0 radical (unpaired) electrons. The van der Waals surface area contributed by atoms with Crippen molar-refractivity contribution in [2.75, 3.05) is 0 Å². The maximum atomic E-state index is 9.79. The lowest BCUT2D eigenvalue weighted by atomic mass is 9.83. The summed E-state index contributed by atoms with van der Waals surface area (Å²) in [4.78, 5) is 7.06. The Bertz CT molecular complexity index is 558. The normalized spacial score (nSPS) is 19.0. The van der Waals surface area contributed by atoms with Crippen LogP contribution in [-0.4, -0.2) is 15.1 Å². The van der Waals surface area contributed by atoms with E-state index in [2.05, 4.69) is 28.2 Å². The summed E-state index contributed by atoms with van der Waals surface area (Å²) in [6.45, 7) is 0. The largest absolute Gasteiger partial charge is 0.508 e. The maximum Gasteiger partial charge on any atom is 0.119 e. The van der Waals surface area contributed by atoms with Gasteiger partial charge in [-0.15, -0.1) is 0 Å². The Morgan fingerprint density at radius 2 is 2.33 bits per heavy atom. The lowest BCUT2D eigenvalue weighted by molar-refractivity contribution is 0.453. The molecule has 0 saturated carbocycles. The molecule has 3 nitrogen and oxygen atoms in total. The van der Waals surface area contributed by atoms with Gasteiger partial charge in [-0.05, 0) is 48.4 Å². The van der Waals surface area contributed by atoms with Gasteiger partial charge in [0.05, 0.1) is 18.2 Å². The number of H-pyrrole nitrogens is 1. The molecule has 3 rings (SSSR count). The summed E-state index contributed by atoms with van der Waals surface area (Å²) in [5.41, 5.74) is 3.45. The van der Waals surface area contributed by atoms with Gasteiger partial charge < -0.3 is 10.1 Å². The quantitative estimate of drug-likeness (QED) is 0.848. The number of allylic oxidation sites excluding steroid dienone is 1. The SMILES string of the molecule is Oc1cccc2c1CCC(C=Cc1cnc[nH]1)C2. The van der Waals surface area contributed by atoms with Crippen molar-refractivity contribution in [3.05, 3.63) is 53.6 Å². The van der Waals surface area contributed by atoms with Gasteiger partial charge in [-0.1, -0.05) is 18.2 Å². The Morgan fingerprint density at radius 3 is 3.17 bits per heavy atom. The molecule has 92 valence electrons. The fraction of sp³-hybridized carbons (Fsp3) is 0.267. The van der Waals surface area contributed by atoms with Gasteiger partial charge in [-0.25, -0.2) is 4.98 Å². The molecule has 1 atom stereocenters. The highest BCUT2D eigenvalue weighted by atomic mass is 16.3. The van der Waals surface area contributed by atoms with E-state index in [1.807, 2.05) is 12.3 Å². The van der Waals surface area contributed by atoms with E-state index in [1.165, 1.54) is 5.56 Å². The number of aromatic nitrogens is 2. The van der Waals surface area contributed by atoms with E-state index in [4.69, 9.17) is 0 Å². The van der Waals surface area contributed by atoms with Crippen molar-refractivity contribution >= 4 is 6.08 Å². The fourth-order valence-corrected chi connectivity index (χ4v) is 2.58. The summed E-state index contributed by atoms with van der Waals surface area (Å²) in [7, 11) is 0. The number of phenolic OH excluding ortho intramolecular Hbond substituents is 1. The zero-order chi connectivity index (χ0) is 12.4. The molecule has 1 heterocycles. The first-order chi connectivity index (χ1) is 8.83. The Morgan fingerprint density at radius 1 is 1.39 bits per heavy atom. The molecule has 0 spiro atoms. The molecule has 1 unspecified atom stereocenters. The molecule has 3 heteroatoms. The van der Waals surface area contributed by atoms with Gasteiger partial charge in [0, 0.05) is 0 Å². The van der Waals surface area contributed by atoms with Gasteiger partial charge in [0.25, 0.3) is 0 Å². The number of imidazole rings is 1.